The number of rotatable bonds is 7. The van der Waals surface area contributed by atoms with Crippen LogP contribution in [-0.2, 0) is 42.9 Å². The maximum Gasteiger partial charge on any atom is 0.305 e. The highest BCUT2D eigenvalue weighted by atomic mass is 16.7. The molecule has 0 saturated carbocycles. The van der Waals surface area contributed by atoms with Crippen molar-refractivity contribution in [1.82, 2.24) is 5.32 Å². The van der Waals surface area contributed by atoms with Gasteiger partial charge in [-0.25, -0.2) is 0 Å². The van der Waals surface area contributed by atoms with Gasteiger partial charge in [0.15, 0.2) is 12.2 Å². The van der Waals surface area contributed by atoms with Gasteiger partial charge in [-0.1, -0.05) is 18.2 Å². The minimum Gasteiger partial charge on any atom is -0.456 e. The van der Waals surface area contributed by atoms with Gasteiger partial charge in [0.25, 0.3) is 5.91 Å². The highest BCUT2D eigenvalue weighted by Gasteiger charge is 2.53. The van der Waals surface area contributed by atoms with Gasteiger partial charge in [0.2, 0.25) is 12.4 Å². The number of carbonyl (C=O) groups is 5. The fourth-order valence-corrected chi connectivity index (χ4v) is 3.16. The van der Waals surface area contributed by atoms with Crippen molar-refractivity contribution in [1.29, 1.82) is 0 Å². The zero-order chi connectivity index (χ0) is 23.8. The minimum absolute atomic E-state index is 0.200. The topological polar surface area (TPSA) is 144 Å². The fraction of sp³-hybridized carbons (Fsp3) is 0.476. The van der Waals surface area contributed by atoms with Crippen LogP contribution in [0.1, 0.15) is 38.1 Å². The predicted octanol–water partition coefficient (Wildman–Crippen LogP) is 0.500. The van der Waals surface area contributed by atoms with Crippen LogP contribution in [0.2, 0.25) is 0 Å². The smallest absolute Gasteiger partial charge is 0.305 e. The van der Waals surface area contributed by atoms with Crippen LogP contribution in [0, 0.1) is 0 Å². The Labute approximate surface area is 184 Å². The van der Waals surface area contributed by atoms with E-state index in [9.17, 15) is 24.0 Å². The van der Waals surface area contributed by atoms with Crippen LogP contribution in [0.15, 0.2) is 30.3 Å². The lowest BCUT2D eigenvalue weighted by Gasteiger charge is -2.43. The summed E-state index contributed by atoms with van der Waals surface area (Å²) in [6.07, 6.45) is -6.63. The molecule has 1 aliphatic heterocycles. The zero-order valence-electron chi connectivity index (χ0n) is 18.1. The second kappa shape index (κ2) is 11.2. The maximum atomic E-state index is 12.4. The SMILES string of the molecule is CC(=O)OC1[C@@H](OC(C)=O)OC(CNC(=O)c2ccccc2)[C@@H](OC(C)=O)[C@H]1OC(C)=O. The third kappa shape index (κ3) is 7.05. The molecule has 1 aliphatic rings. The van der Waals surface area contributed by atoms with Crippen molar-refractivity contribution in [3.63, 3.8) is 0 Å². The number of carbonyl (C=O) groups excluding carboxylic acids is 5. The summed E-state index contributed by atoms with van der Waals surface area (Å²) in [6, 6.07) is 8.32. The van der Waals surface area contributed by atoms with Crippen LogP contribution in [0.5, 0.6) is 0 Å². The Morgan fingerprint density at radius 3 is 1.78 bits per heavy atom. The molecule has 1 aromatic carbocycles. The molecule has 11 heteroatoms. The van der Waals surface area contributed by atoms with Crippen LogP contribution >= 0.6 is 0 Å². The molecule has 0 spiro atoms. The molecule has 1 heterocycles. The van der Waals surface area contributed by atoms with Gasteiger partial charge in [-0.2, -0.15) is 0 Å². The summed E-state index contributed by atoms with van der Waals surface area (Å²) >= 11 is 0. The van der Waals surface area contributed by atoms with Crippen molar-refractivity contribution in [2.45, 2.75) is 58.4 Å². The quantitative estimate of drug-likeness (QED) is 0.460. The van der Waals surface area contributed by atoms with E-state index >= 15 is 0 Å². The van der Waals surface area contributed by atoms with E-state index in [0.29, 0.717) is 5.56 Å². The molecular formula is C21H25NO10. The number of hydrogen-bond donors (Lipinski definition) is 1. The third-order valence-corrected chi connectivity index (χ3v) is 4.28. The molecule has 0 aliphatic carbocycles. The number of esters is 4. The first-order chi connectivity index (χ1) is 15.1. The third-order valence-electron chi connectivity index (χ3n) is 4.28. The Morgan fingerprint density at radius 1 is 0.750 bits per heavy atom. The summed E-state index contributed by atoms with van der Waals surface area (Å²) in [5.74, 6) is -3.47. The van der Waals surface area contributed by atoms with E-state index in [1.165, 1.54) is 0 Å². The number of ether oxygens (including phenoxy) is 5. The van der Waals surface area contributed by atoms with Gasteiger partial charge in [-0.05, 0) is 12.1 Å². The largest absolute Gasteiger partial charge is 0.456 e. The van der Waals surface area contributed by atoms with Crippen LogP contribution in [0.4, 0.5) is 0 Å². The number of hydrogen-bond acceptors (Lipinski definition) is 10. The monoisotopic (exact) mass is 451 g/mol. The highest BCUT2D eigenvalue weighted by molar-refractivity contribution is 5.94. The van der Waals surface area contributed by atoms with Crippen LogP contribution in [-0.4, -0.2) is 67.0 Å². The van der Waals surface area contributed by atoms with E-state index in [2.05, 4.69) is 5.32 Å². The molecule has 32 heavy (non-hydrogen) atoms. The highest BCUT2D eigenvalue weighted by Crippen LogP contribution is 2.29. The Balaban J connectivity index is 2.34. The molecule has 5 atom stereocenters. The molecule has 1 aromatic rings. The Kier molecular flexibility index (Phi) is 8.71. The summed E-state index contributed by atoms with van der Waals surface area (Å²) in [5.41, 5.74) is 0.373. The number of amides is 1. The molecule has 11 nitrogen and oxygen atoms in total. The van der Waals surface area contributed by atoms with Crippen molar-refractivity contribution < 1.29 is 47.7 Å². The molecule has 0 bridgehead atoms. The molecule has 1 saturated heterocycles. The Morgan fingerprint density at radius 2 is 1.25 bits per heavy atom. The maximum absolute atomic E-state index is 12.4. The Hall–Kier alpha value is -3.47. The second-order valence-electron chi connectivity index (χ2n) is 6.95. The average Bonchev–Trinajstić information content (AvgIpc) is 2.70. The number of nitrogens with one attached hydrogen (secondary N) is 1. The van der Waals surface area contributed by atoms with Crippen molar-refractivity contribution in [2.75, 3.05) is 6.54 Å². The standard InChI is InChI=1S/C21H25NO10/c1-11(23)28-17-16(10-22-20(27)15-8-6-5-7-9-15)32-21(31-14(4)26)19(30-13(3)25)18(17)29-12(2)24/h5-9,16-19,21H,10H2,1-4H3,(H,22,27)/t16?,17-,18-,19?,21+/m1/s1. The molecular weight excluding hydrogens is 426 g/mol. The van der Waals surface area contributed by atoms with E-state index in [1.54, 1.807) is 30.3 Å². The van der Waals surface area contributed by atoms with E-state index in [0.717, 1.165) is 27.7 Å². The first kappa shape index (κ1) is 24.8. The van der Waals surface area contributed by atoms with Gasteiger partial charge in [-0.15, -0.1) is 0 Å². The van der Waals surface area contributed by atoms with E-state index in [1.807, 2.05) is 0 Å². The summed E-state index contributed by atoms with van der Waals surface area (Å²) in [4.78, 5) is 59.1. The predicted molar refractivity (Wildman–Crippen MR) is 106 cm³/mol. The van der Waals surface area contributed by atoms with Gasteiger partial charge in [0.05, 0.1) is 0 Å². The summed E-state index contributed by atoms with van der Waals surface area (Å²) in [5, 5.41) is 2.63. The van der Waals surface area contributed by atoms with Gasteiger partial charge in [0, 0.05) is 39.8 Å². The van der Waals surface area contributed by atoms with E-state index < -0.39 is 60.5 Å². The van der Waals surface area contributed by atoms with Crippen LogP contribution in [0.3, 0.4) is 0 Å². The molecule has 2 unspecified atom stereocenters. The summed E-state index contributed by atoms with van der Waals surface area (Å²) in [6.45, 7) is 4.25. The Bertz CT molecular complexity index is 855. The minimum atomic E-state index is -1.48. The lowest BCUT2D eigenvalue weighted by molar-refractivity contribution is -0.294. The first-order valence-electron chi connectivity index (χ1n) is 9.76. The molecule has 0 aromatic heterocycles. The molecule has 0 radical (unpaired) electrons. The lowest BCUT2D eigenvalue weighted by Crippen LogP contribution is -2.64. The lowest BCUT2D eigenvalue weighted by atomic mass is 9.97. The van der Waals surface area contributed by atoms with Crippen molar-refractivity contribution >= 4 is 29.8 Å². The molecule has 1 amide bonds. The van der Waals surface area contributed by atoms with Crippen molar-refractivity contribution in [2.24, 2.45) is 0 Å². The van der Waals surface area contributed by atoms with Crippen LogP contribution < -0.4 is 5.32 Å². The molecule has 1 fully saturated rings. The van der Waals surface area contributed by atoms with Gasteiger partial charge < -0.3 is 29.0 Å². The summed E-state index contributed by atoms with van der Waals surface area (Å²) < 4.78 is 26.6. The number of benzene rings is 1. The zero-order valence-corrected chi connectivity index (χ0v) is 18.1. The van der Waals surface area contributed by atoms with Gasteiger partial charge in [-0.3, -0.25) is 24.0 Å². The van der Waals surface area contributed by atoms with Crippen molar-refractivity contribution in [3.05, 3.63) is 35.9 Å². The molecule has 1 N–H and O–H groups in total. The van der Waals surface area contributed by atoms with Crippen molar-refractivity contribution in [3.8, 4) is 0 Å². The van der Waals surface area contributed by atoms with Gasteiger partial charge >= 0.3 is 23.9 Å². The second-order valence-corrected chi connectivity index (χ2v) is 6.95. The molecule has 174 valence electrons. The normalized spacial score (nSPS) is 24.6. The van der Waals surface area contributed by atoms with E-state index in [4.69, 9.17) is 23.7 Å². The van der Waals surface area contributed by atoms with Gasteiger partial charge in [0.1, 0.15) is 6.10 Å². The fourth-order valence-electron chi connectivity index (χ4n) is 3.16. The average molecular weight is 451 g/mol. The summed E-state index contributed by atoms with van der Waals surface area (Å²) in [7, 11) is 0. The molecule has 2 rings (SSSR count). The van der Waals surface area contributed by atoms with Crippen LogP contribution in [0.25, 0.3) is 0 Å². The van der Waals surface area contributed by atoms with E-state index in [-0.39, 0.29) is 6.54 Å². The first-order valence-corrected chi connectivity index (χ1v) is 9.76.